The first kappa shape index (κ1) is 10.6. The molecular weight excluding hydrogens is 213 g/mol. The van der Waals surface area contributed by atoms with Crippen LogP contribution in [0.1, 0.15) is 11.8 Å². The fraction of sp³-hybridized carbons (Fsp3) is 0.375. The molecule has 3 nitrogen and oxygen atoms in total. The summed E-state index contributed by atoms with van der Waals surface area (Å²) >= 11 is 11.1. The molecule has 0 radical (unpaired) electrons. The molecule has 1 rings (SSSR count). The van der Waals surface area contributed by atoms with Crippen molar-refractivity contribution in [2.24, 2.45) is 0 Å². The van der Waals surface area contributed by atoms with E-state index in [4.69, 9.17) is 27.9 Å². The molecule has 0 aromatic carbocycles. The van der Waals surface area contributed by atoms with E-state index < -0.39 is 6.10 Å². The molecule has 1 aromatic rings. The zero-order valence-electron chi connectivity index (χ0n) is 7.00. The Hall–Kier alpha value is -0.510. The normalized spacial score (nSPS) is 12.6. The number of hydrogen-bond acceptors (Lipinski definition) is 3. The highest BCUT2D eigenvalue weighted by Gasteiger charge is 2.14. The van der Waals surface area contributed by atoms with Gasteiger partial charge in [-0.25, -0.2) is 4.98 Å². The van der Waals surface area contributed by atoms with E-state index >= 15 is 0 Å². The summed E-state index contributed by atoms with van der Waals surface area (Å²) in [6.45, 7) is 0. The summed E-state index contributed by atoms with van der Waals surface area (Å²) in [4.78, 5) is 3.92. The lowest BCUT2D eigenvalue weighted by molar-refractivity contribution is 0.192. The summed E-state index contributed by atoms with van der Waals surface area (Å²) in [6, 6.07) is 3.23. The second-order valence-electron chi connectivity index (χ2n) is 2.39. The first-order chi connectivity index (χ1) is 6.19. The Morgan fingerprint density at radius 1 is 1.62 bits per heavy atom. The number of methoxy groups -OCH3 is 1. The first-order valence-corrected chi connectivity index (χ1v) is 4.54. The molecule has 1 N–H and O–H groups in total. The van der Waals surface area contributed by atoms with Crippen molar-refractivity contribution < 1.29 is 9.84 Å². The molecule has 72 valence electrons. The molecule has 0 unspecified atom stereocenters. The van der Waals surface area contributed by atoms with E-state index in [-0.39, 0.29) is 5.88 Å². The minimum absolute atomic E-state index is 0.0592. The highest BCUT2D eigenvalue weighted by atomic mass is 35.5. The van der Waals surface area contributed by atoms with Gasteiger partial charge >= 0.3 is 0 Å². The summed E-state index contributed by atoms with van der Waals surface area (Å²) in [6.07, 6.45) is -0.852. The quantitative estimate of drug-likeness (QED) is 0.628. The Morgan fingerprint density at radius 3 is 2.85 bits per heavy atom. The molecule has 0 aliphatic rings. The summed E-state index contributed by atoms with van der Waals surface area (Å²) in [5.41, 5.74) is 0.366. The Labute approximate surface area is 86.3 Å². The van der Waals surface area contributed by atoms with Gasteiger partial charge in [0.2, 0.25) is 0 Å². The number of halogens is 2. The van der Waals surface area contributed by atoms with Gasteiger partial charge in [-0.15, -0.1) is 11.6 Å². The molecule has 0 saturated heterocycles. The third-order valence-electron chi connectivity index (χ3n) is 1.53. The number of alkyl halides is 1. The van der Waals surface area contributed by atoms with Gasteiger partial charge in [-0.3, -0.25) is 0 Å². The summed E-state index contributed by atoms with van der Waals surface area (Å²) in [7, 11) is 1.50. The van der Waals surface area contributed by atoms with E-state index in [2.05, 4.69) is 4.98 Å². The molecule has 0 spiro atoms. The van der Waals surface area contributed by atoms with Crippen molar-refractivity contribution >= 4 is 23.2 Å². The highest BCUT2D eigenvalue weighted by Crippen LogP contribution is 2.25. The van der Waals surface area contributed by atoms with Gasteiger partial charge in [0.05, 0.1) is 13.0 Å². The Kier molecular flexibility index (Phi) is 3.78. The molecule has 0 bridgehead atoms. The second-order valence-corrected chi connectivity index (χ2v) is 3.09. The van der Waals surface area contributed by atoms with Crippen molar-refractivity contribution in [2.75, 3.05) is 13.0 Å². The Bertz CT molecular complexity index is 293. The van der Waals surface area contributed by atoms with Crippen molar-refractivity contribution in [3.8, 4) is 5.75 Å². The summed E-state index contributed by atoms with van der Waals surface area (Å²) in [5.74, 6) is 0.543. The van der Waals surface area contributed by atoms with Crippen LogP contribution in [0.5, 0.6) is 5.75 Å². The van der Waals surface area contributed by atoms with Crippen molar-refractivity contribution in [3.63, 3.8) is 0 Å². The number of hydrogen-bond donors (Lipinski definition) is 1. The topological polar surface area (TPSA) is 42.4 Å². The highest BCUT2D eigenvalue weighted by molar-refractivity contribution is 6.29. The van der Waals surface area contributed by atoms with Crippen LogP contribution < -0.4 is 4.74 Å². The third-order valence-corrected chi connectivity index (χ3v) is 2.04. The van der Waals surface area contributed by atoms with Gasteiger partial charge in [0.15, 0.2) is 0 Å². The van der Waals surface area contributed by atoms with Crippen LogP contribution in [-0.2, 0) is 0 Å². The van der Waals surface area contributed by atoms with Gasteiger partial charge in [0.1, 0.15) is 22.7 Å². The van der Waals surface area contributed by atoms with Crippen molar-refractivity contribution in [1.29, 1.82) is 0 Å². The average Bonchev–Trinajstić information content (AvgIpc) is 2.16. The first-order valence-electron chi connectivity index (χ1n) is 3.63. The molecule has 0 aliphatic carbocycles. The number of ether oxygens (including phenoxy) is 1. The van der Waals surface area contributed by atoms with E-state index in [0.29, 0.717) is 16.6 Å². The molecular formula is C8H9Cl2NO2. The smallest absolute Gasteiger partial charge is 0.143 e. The predicted molar refractivity (Wildman–Crippen MR) is 51.5 cm³/mol. The molecule has 0 amide bonds. The van der Waals surface area contributed by atoms with Gasteiger partial charge in [-0.05, 0) is 12.1 Å². The zero-order chi connectivity index (χ0) is 9.84. The van der Waals surface area contributed by atoms with E-state index in [9.17, 15) is 5.11 Å². The zero-order valence-corrected chi connectivity index (χ0v) is 8.51. The lowest BCUT2D eigenvalue weighted by Gasteiger charge is -2.10. The van der Waals surface area contributed by atoms with Crippen LogP contribution in [0, 0.1) is 0 Å². The summed E-state index contributed by atoms with van der Waals surface area (Å²) < 4.78 is 4.98. The molecule has 1 atom stereocenters. The maximum absolute atomic E-state index is 9.43. The van der Waals surface area contributed by atoms with Crippen molar-refractivity contribution in [2.45, 2.75) is 6.10 Å². The molecule has 1 heterocycles. The number of aromatic nitrogens is 1. The minimum Gasteiger partial charge on any atom is -0.495 e. The van der Waals surface area contributed by atoms with Crippen LogP contribution in [0.2, 0.25) is 5.15 Å². The van der Waals surface area contributed by atoms with Crippen LogP contribution >= 0.6 is 23.2 Å². The lowest BCUT2D eigenvalue weighted by Crippen LogP contribution is -2.04. The van der Waals surface area contributed by atoms with E-state index in [1.54, 1.807) is 12.1 Å². The molecule has 0 saturated carbocycles. The van der Waals surface area contributed by atoms with Gasteiger partial charge < -0.3 is 9.84 Å². The maximum atomic E-state index is 9.43. The van der Waals surface area contributed by atoms with E-state index in [1.807, 2.05) is 0 Å². The van der Waals surface area contributed by atoms with Crippen LogP contribution in [0.25, 0.3) is 0 Å². The van der Waals surface area contributed by atoms with Gasteiger partial charge in [0.25, 0.3) is 0 Å². The SMILES string of the molecule is COc1ccc(Cl)nc1[C@@H](O)CCl. The monoisotopic (exact) mass is 221 g/mol. The second kappa shape index (κ2) is 4.65. The fourth-order valence-electron chi connectivity index (χ4n) is 0.922. The number of rotatable bonds is 3. The van der Waals surface area contributed by atoms with Crippen LogP contribution in [0.15, 0.2) is 12.1 Å². The number of nitrogens with zero attached hydrogens (tertiary/aromatic N) is 1. The molecule has 0 aliphatic heterocycles. The molecule has 13 heavy (non-hydrogen) atoms. The number of aliphatic hydroxyl groups excluding tert-OH is 1. The lowest BCUT2D eigenvalue weighted by atomic mass is 10.2. The van der Waals surface area contributed by atoms with Crippen molar-refractivity contribution in [3.05, 3.63) is 23.0 Å². The van der Waals surface area contributed by atoms with E-state index in [1.165, 1.54) is 7.11 Å². The Morgan fingerprint density at radius 2 is 2.31 bits per heavy atom. The summed E-state index contributed by atoms with van der Waals surface area (Å²) in [5, 5.41) is 9.74. The van der Waals surface area contributed by atoms with Crippen molar-refractivity contribution in [1.82, 2.24) is 4.98 Å². The van der Waals surface area contributed by atoms with Crippen LogP contribution in [0.4, 0.5) is 0 Å². The van der Waals surface area contributed by atoms with Crippen LogP contribution in [-0.4, -0.2) is 23.1 Å². The predicted octanol–water partition coefficient (Wildman–Crippen LogP) is 2.02. The van der Waals surface area contributed by atoms with E-state index in [0.717, 1.165) is 0 Å². The number of pyridine rings is 1. The third kappa shape index (κ3) is 2.46. The standard InChI is InChI=1S/C8H9Cl2NO2/c1-13-6-2-3-7(10)11-8(6)5(12)4-9/h2-3,5,12H,4H2,1H3/t5-/m0/s1. The van der Waals surface area contributed by atoms with Crippen LogP contribution in [0.3, 0.4) is 0 Å². The average molecular weight is 222 g/mol. The fourth-order valence-corrected chi connectivity index (χ4v) is 1.22. The molecule has 5 heteroatoms. The molecule has 0 fully saturated rings. The Balaban J connectivity index is 3.07. The van der Waals surface area contributed by atoms with Gasteiger partial charge in [0, 0.05) is 0 Å². The minimum atomic E-state index is -0.852. The largest absolute Gasteiger partial charge is 0.495 e. The molecule has 1 aromatic heterocycles. The van der Waals surface area contributed by atoms with Gasteiger partial charge in [-0.2, -0.15) is 0 Å². The van der Waals surface area contributed by atoms with Gasteiger partial charge in [-0.1, -0.05) is 11.6 Å². The maximum Gasteiger partial charge on any atom is 0.143 e. The number of aliphatic hydroxyl groups is 1.